The fourth-order valence-electron chi connectivity index (χ4n) is 2.04. The first-order chi connectivity index (χ1) is 8.22. The predicted octanol–water partition coefficient (Wildman–Crippen LogP) is 2.91. The van der Waals surface area contributed by atoms with Crippen molar-refractivity contribution < 1.29 is 14.3 Å². The van der Waals surface area contributed by atoms with Gasteiger partial charge in [-0.1, -0.05) is 0 Å². The third-order valence-corrected chi connectivity index (χ3v) is 3.63. The molecular formula is C13H15IO3. The summed E-state index contributed by atoms with van der Waals surface area (Å²) in [5.41, 5.74) is 0.676. The first-order valence-electron chi connectivity index (χ1n) is 5.68. The summed E-state index contributed by atoms with van der Waals surface area (Å²) >= 11 is 2.20. The van der Waals surface area contributed by atoms with Crippen LogP contribution in [-0.2, 0) is 4.74 Å². The predicted molar refractivity (Wildman–Crippen MR) is 73.6 cm³/mol. The molecule has 0 spiro atoms. The monoisotopic (exact) mass is 346 g/mol. The van der Waals surface area contributed by atoms with Crippen LogP contribution in [0.4, 0.5) is 0 Å². The number of benzene rings is 1. The minimum Gasteiger partial charge on any atom is -0.496 e. The van der Waals surface area contributed by atoms with E-state index in [1.165, 1.54) is 0 Å². The number of hydrogen-bond donors (Lipinski definition) is 0. The van der Waals surface area contributed by atoms with Gasteiger partial charge in [0.15, 0.2) is 5.78 Å². The average molecular weight is 346 g/mol. The van der Waals surface area contributed by atoms with E-state index in [-0.39, 0.29) is 11.7 Å². The van der Waals surface area contributed by atoms with Crippen molar-refractivity contribution in [1.82, 2.24) is 0 Å². The number of ether oxygens (including phenoxy) is 2. The average Bonchev–Trinajstić information content (AvgIpc) is 2.39. The Kier molecular flexibility index (Phi) is 4.39. The number of methoxy groups -OCH3 is 1. The van der Waals surface area contributed by atoms with Crippen LogP contribution in [0.25, 0.3) is 0 Å². The van der Waals surface area contributed by atoms with Crippen molar-refractivity contribution in [1.29, 1.82) is 0 Å². The Labute approximate surface area is 115 Å². The molecule has 1 saturated heterocycles. The van der Waals surface area contributed by atoms with E-state index < -0.39 is 0 Å². The molecule has 1 fully saturated rings. The van der Waals surface area contributed by atoms with Crippen molar-refractivity contribution in [2.75, 3.05) is 20.3 Å². The van der Waals surface area contributed by atoms with E-state index in [0.717, 1.165) is 23.0 Å². The maximum Gasteiger partial charge on any atom is 0.172 e. The molecule has 1 aromatic rings. The van der Waals surface area contributed by atoms with Crippen LogP contribution < -0.4 is 4.74 Å². The molecule has 0 aliphatic carbocycles. The molecule has 0 radical (unpaired) electrons. The maximum absolute atomic E-state index is 12.4. The van der Waals surface area contributed by atoms with Crippen LogP contribution in [0.15, 0.2) is 18.2 Å². The van der Waals surface area contributed by atoms with E-state index in [2.05, 4.69) is 22.6 Å². The van der Waals surface area contributed by atoms with Crippen LogP contribution in [0.5, 0.6) is 5.75 Å². The summed E-state index contributed by atoms with van der Waals surface area (Å²) in [7, 11) is 1.59. The van der Waals surface area contributed by atoms with E-state index in [1.807, 2.05) is 18.2 Å². The molecule has 92 valence electrons. The lowest BCUT2D eigenvalue weighted by atomic mass is 9.92. The second kappa shape index (κ2) is 5.82. The summed E-state index contributed by atoms with van der Waals surface area (Å²) in [5.74, 6) is 0.775. The molecule has 1 aliphatic heterocycles. The Morgan fingerprint density at radius 2 is 2.35 bits per heavy atom. The Morgan fingerprint density at radius 3 is 3.00 bits per heavy atom. The Balaban J connectivity index is 2.25. The van der Waals surface area contributed by atoms with Gasteiger partial charge in [0.1, 0.15) is 5.75 Å². The lowest BCUT2D eigenvalue weighted by Gasteiger charge is -2.21. The number of ketones is 1. The van der Waals surface area contributed by atoms with Crippen LogP contribution in [0.1, 0.15) is 23.2 Å². The summed E-state index contributed by atoms with van der Waals surface area (Å²) in [6, 6.07) is 5.67. The number of halogens is 1. The van der Waals surface area contributed by atoms with Crippen molar-refractivity contribution in [3.63, 3.8) is 0 Å². The quantitative estimate of drug-likeness (QED) is 0.624. The van der Waals surface area contributed by atoms with Crippen LogP contribution >= 0.6 is 22.6 Å². The molecule has 1 aliphatic rings. The van der Waals surface area contributed by atoms with Gasteiger partial charge in [-0.05, 0) is 53.6 Å². The van der Waals surface area contributed by atoms with Crippen molar-refractivity contribution in [2.24, 2.45) is 5.92 Å². The van der Waals surface area contributed by atoms with Crippen LogP contribution in [0.3, 0.4) is 0 Å². The van der Waals surface area contributed by atoms with Crippen molar-refractivity contribution in [3.05, 3.63) is 27.3 Å². The fraction of sp³-hybridized carbons (Fsp3) is 0.462. The Bertz CT molecular complexity index is 411. The van der Waals surface area contributed by atoms with Gasteiger partial charge in [0.25, 0.3) is 0 Å². The van der Waals surface area contributed by atoms with Crippen LogP contribution in [0, 0.1) is 9.49 Å². The SMILES string of the molecule is COc1ccc(I)cc1C(=O)C1CCCOC1. The fourth-order valence-corrected chi connectivity index (χ4v) is 2.53. The molecule has 0 N–H and O–H groups in total. The molecule has 0 saturated carbocycles. The van der Waals surface area contributed by atoms with Crippen LogP contribution in [-0.4, -0.2) is 26.1 Å². The van der Waals surface area contributed by atoms with Gasteiger partial charge in [0, 0.05) is 16.1 Å². The number of carbonyl (C=O) groups excluding carboxylic acids is 1. The molecule has 1 unspecified atom stereocenters. The normalized spacial score (nSPS) is 20.0. The smallest absolute Gasteiger partial charge is 0.172 e. The van der Waals surface area contributed by atoms with Gasteiger partial charge < -0.3 is 9.47 Å². The van der Waals surface area contributed by atoms with Gasteiger partial charge in [-0.15, -0.1) is 0 Å². The van der Waals surface area contributed by atoms with E-state index in [4.69, 9.17) is 9.47 Å². The molecule has 2 rings (SSSR count). The Hall–Kier alpha value is -0.620. The summed E-state index contributed by atoms with van der Waals surface area (Å²) in [6.45, 7) is 1.31. The van der Waals surface area contributed by atoms with Gasteiger partial charge >= 0.3 is 0 Å². The van der Waals surface area contributed by atoms with Crippen LogP contribution in [0.2, 0.25) is 0 Å². The van der Waals surface area contributed by atoms with Gasteiger partial charge in [-0.25, -0.2) is 0 Å². The van der Waals surface area contributed by atoms with Gasteiger partial charge in [0.05, 0.1) is 19.3 Å². The highest BCUT2D eigenvalue weighted by Crippen LogP contribution is 2.26. The number of Topliss-reactive ketones (excluding diaryl/α,β-unsaturated/α-hetero) is 1. The van der Waals surface area contributed by atoms with Crippen molar-refractivity contribution >= 4 is 28.4 Å². The molecule has 4 heteroatoms. The van der Waals surface area contributed by atoms with Gasteiger partial charge in [-0.2, -0.15) is 0 Å². The molecule has 0 amide bonds. The molecular weight excluding hydrogens is 331 g/mol. The largest absolute Gasteiger partial charge is 0.496 e. The lowest BCUT2D eigenvalue weighted by molar-refractivity contribution is 0.0459. The summed E-state index contributed by atoms with van der Waals surface area (Å²) in [5, 5.41) is 0. The van der Waals surface area contributed by atoms with E-state index in [9.17, 15) is 4.79 Å². The van der Waals surface area contributed by atoms with Crippen molar-refractivity contribution in [3.8, 4) is 5.75 Å². The first kappa shape index (κ1) is 12.8. The lowest BCUT2D eigenvalue weighted by Crippen LogP contribution is -2.25. The molecule has 0 aromatic heterocycles. The minimum absolute atomic E-state index is 0.0177. The third-order valence-electron chi connectivity index (χ3n) is 2.96. The number of rotatable bonds is 3. The summed E-state index contributed by atoms with van der Waals surface area (Å²) < 4.78 is 11.7. The summed E-state index contributed by atoms with van der Waals surface area (Å²) in [4.78, 5) is 12.4. The van der Waals surface area contributed by atoms with E-state index in [1.54, 1.807) is 7.11 Å². The number of hydrogen-bond acceptors (Lipinski definition) is 3. The van der Waals surface area contributed by atoms with Crippen molar-refractivity contribution in [2.45, 2.75) is 12.8 Å². The Morgan fingerprint density at radius 1 is 1.53 bits per heavy atom. The minimum atomic E-state index is -0.0177. The zero-order valence-corrected chi connectivity index (χ0v) is 11.9. The molecule has 17 heavy (non-hydrogen) atoms. The highest BCUT2D eigenvalue weighted by Gasteiger charge is 2.25. The zero-order valence-electron chi connectivity index (χ0n) is 9.74. The molecule has 0 bridgehead atoms. The first-order valence-corrected chi connectivity index (χ1v) is 6.75. The molecule has 1 heterocycles. The van der Waals surface area contributed by atoms with Gasteiger partial charge in [-0.3, -0.25) is 4.79 Å². The molecule has 1 aromatic carbocycles. The number of carbonyl (C=O) groups is 1. The topological polar surface area (TPSA) is 35.5 Å². The van der Waals surface area contributed by atoms with E-state index >= 15 is 0 Å². The highest BCUT2D eigenvalue weighted by atomic mass is 127. The standard InChI is InChI=1S/C13H15IO3/c1-16-12-5-4-10(14)7-11(12)13(15)9-3-2-6-17-8-9/h4-5,7,9H,2-3,6,8H2,1H3. The molecule has 3 nitrogen and oxygen atoms in total. The van der Waals surface area contributed by atoms with Gasteiger partial charge in [0.2, 0.25) is 0 Å². The van der Waals surface area contributed by atoms with E-state index in [0.29, 0.717) is 17.9 Å². The maximum atomic E-state index is 12.4. The highest BCUT2D eigenvalue weighted by molar-refractivity contribution is 14.1. The second-order valence-electron chi connectivity index (χ2n) is 4.12. The third kappa shape index (κ3) is 2.98. The summed E-state index contributed by atoms with van der Waals surface area (Å²) in [6.07, 6.45) is 1.87. The zero-order chi connectivity index (χ0) is 12.3. The molecule has 1 atom stereocenters. The second-order valence-corrected chi connectivity index (χ2v) is 5.37.